The lowest BCUT2D eigenvalue weighted by Gasteiger charge is -2.61. The molecule has 3 N–H and O–H groups in total. The zero-order valence-electron chi connectivity index (χ0n) is 37.8. The van der Waals surface area contributed by atoms with Gasteiger partial charge in [0, 0.05) is 35.1 Å². The summed E-state index contributed by atoms with van der Waals surface area (Å²) in [6.07, 6.45) is 50.3. The van der Waals surface area contributed by atoms with Crippen molar-refractivity contribution >= 4 is 6.08 Å². The molecule has 6 heteroatoms. The molecule has 6 nitrogen and oxygen atoms in total. The van der Waals surface area contributed by atoms with Crippen molar-refractivity contribution in [2.75, 3.05) is 0 Å². The third kappa shape index (κ3) is 7.33. The van der Waals surface area contributed by atoms with Crippen LogP contribution in [0, 0.1) is 46.3 Å². The highest BCUT2D eigenvalue weighted by molar-refractivity contribution is 5.59. The standard InChI is InChI=1S/C55H76N6/c1-55(2)44-26-11-15-30-48(44)61(49-31-16-12-27-45(49)55)51-34-50(60-46-28-13-9-24-41(46)42-25-10-14-29-47(42)60)40(35-56)33-43(51)54-58-52(37-20-7-4-8-21-37)57-53(59-54)39-23-17-22-38(32-39)36-18-5-3-6-19-36/h13,15,17-18,20,22,28,30,38-40,43,45,49-54,57-59H,3-12,14,16,19,21,23-27,29,31-34H2,1-2H3. The van der Waals surface area contributed by atoms with E-state index in [0.717, 1.165) is 32.1 Å². The van der Waals surface area contributed by atoms with E-state index < -0.39 is 0 Å². The summed E-state index contributed by atoms with van der Waals surface area (Å²) in [7, 11) is 0. The van der Waals surface area contributed by atoms with E-state index in [-0.39, 0.29) is 35.9 Å². The third-order valence-corrected chi connectivity index (χ3v) is 18.4. The normalized spacial score (nSPS) is 38.4. The molecule has 3 fully saturated rings. The van der Waals surface area contributed by atoms with Crippen LogP contribution in [0.5, 0.6) is 0 Å². The Hall–Kier alpha value is -3.11. The Morgan fingerprint density at radius 3 is 2.28 bits per heavy atom. The van der Waals surface area contributed by atoms with Gasteiger partial charge in [0.15, 0.2) is 0 Å². The number of hydrogen-bond acceptors (Lipinski definition) is 5. The first-order chi connectivity index (χ1) is 30.0. The van der Waals surface area contributed by atoms with Gasteiger partial charge in [0.05, 0.1) is 36.5 Å². The molecule has 3 heterocycles. The van der Waals surface area contributed by atoms with Crippen LogP contribution in [0.25, 0.3) is 6.08 Å². The molecular weight excluding hydrogens is 745 g/mol. The van der Waals surface area contributed by atoms with E-state index in [9.17, 15) is 5.26 Å². The molecular formula is C55H76N6. The third-order valence-electron chi connectivity index (χ3n) is 18.4. The maximum Gasteiger partial charge on any atom is 0.0818 e. The second kappa shape index (κ2) is 17.1. The number of fused-ring (bicyclic) bond motifs is 4. The molecule has 326 valence electrons. The molecule has 0 amide bonds. The monoisotopic (exact) mass is 821 g/mol. The van der Waals surface area contributed by atoms with Crippen molar-refractivity contribution in [3.8, 4) is 6.07 Å². The van der Waals surface area contributed by atoms with E-state index in [1.165, 1.54) is 128 Å². The zero-order valence-corrected chi connectivity index (χ0v) is 37.8. The topological polar surface area (TPSA) is 68.0 Å². The van der Waals surface area contributed by atoms with Crippen LogP contribution in [0.3, 0.4) is 0 Å². The molecule has 0 bridgehead atoms. The quantitative estimate of drug-likeness (QED) is 0.250. The largest absolute Gasteiger partial charge is 0.365 e. The SMILES string of the molecule is CC1(C)C2=C(C=CCC2)N(C2CC(n3c4c(c5c3CCCC5)CCC=C4)C(C#N)CC2C2NC(C3=CCCCC3)NC(C3CC=CC(C4=CCCCC4)C3)N2)C2CCCCC21. The van der Waals surface area contributed by atoms with E-state index in [2.05, 4.69) is 93.9 Å². The minimum absolute atomic E-state index is 0.0256. The van der Waals surface area contributed by atoms with Crippen LogP contribution in [-0.2, 0) is 19.3 Å². The summed E-state index contributed by atoms with van der Waals surface area (Å²) in [6.45, 7) is 5.22. The molecule has 0 aromatic carbocycles. The van der Waals surface area contributed by atoms with Gasteiger partial charge in [-0.1, -0.05) is 68.7 Å². The molecule has 11 rings (SSSR count). The summed E-state index contributed by atoms with van der Waals surface area (Å²) in [4.78, 5) is 3.09. The smallest absolute Gasteiger partial charge is 0.0818 e. The molecule has 2 aliphatic heterocycles. The Kier molecular flexibility index (Phi) is 11.4. The molecule has 61 heavy (non-hydrogen) atoms. The number of nitrogens with zero attached hydrogens (tertiary/aromatic N) is 3. The van der Waals surface area contributed by atoms with Gasteiger partial charge in [0.1, 0.15) is 0 Å². The minimum atomic E-state index is -0.0256. The van der Waals surface area contributed by atoms with E-state index in [4.69, 9.17) is 0 Å². The highest BCUT2D eigenvalue weighted by Crippen LogP contribution is 2.57. The maximum absolute atomic E-state index is 11.5. The Morgan fingerprint density at radius 2 is 1.44 bits per heavy atom. The minimum Gasteiger partial charge on any atom is -0.365 e. The second-order valence-corrected chi connectivity index (χ2v) is 21.9. The van der Waals surface area contributed by atoms with Gasteiger partial charge in [-0.3, -0.25) is 16.0 Å². The highest BCUT2D eigenvalue weighted by atomic mass is 15.4. The number of nitrogens with one attached hydrogen (secondary N) is 3. The van der Waals surface area contributed by atoms with E-state index in [0.29, 0.717) is 35.8 Å². The van der Waals surface area contributed by atoms with Crippen LogP contribution in [0.4, 0.5) is 0 Å². The molecule has 1 saturated heterocycles. The predicted octanol–water partition coefficient (Wildman–Crippen LogP) is 11.6. The van der Waals surface area contributed by atoms with Gasteiger partial charge in [0.2, 0.25) is 0 Å². The fraction of sp³-hybridized carbons (Fsp3) is 0.691. The zero-order chi connectivity index (χ0) is 41.1. The lowest BCUT2D eigenvalue weighted by atomic mass is 9.59. The maximum atomic E-state index is 11.5. The van der Waals surface area contributed by atoms with Gasteiger partial charge in [-0.05, 0) is 199 Å². The lowest BCUT2D eigenvalue weighted by Crippen LogP contribution is -2.73. The first kappa shape index (κ1) is 40.7. The molecule has 8 aliphatic carbocycles. The second-order valence-electron chi connectivity index (χ2n) is 21.9. The Labute approximate surface area is 368 Å². The van der Waals surface area contributed by atoms with Gasteiger partial charge in [-0.2, -0.15) is 5.26 Å². The molecule has 11 atom stereocenters. The van der Waals surface area contributed by atoms with Crippen LogP contribution in [0.2, 0.25) is 0 Å². The van der Waals surface area contributed by atoms with Crippen LogP contribution < -0.4 is 16.0 Å². The molecule has 0 radical (unpaired) electrons. The number of hydrogen-bond donors (Lipinski definition) is 3. The van der Waals surface area contributed by atoms with Gasteiger partial charge >= 0.3 is 0 Å². The van der Waals surface area contributed by atoms with Crippen molar-refractivity contribution in [3.05, 3.63) is 87.5 Å². The average Bonchev–Trinajstić information content (AvgIpc) is 3.66. The summed E-state index contributed by atoms with van der Waals surface area (Å²) < 4.78 is 2.81. The highest BCUT2D eigenvalue weighted by Gasteiger charge is 2.54. The molecule has 2 saturated carbocycles. The number of aromatic nitrogens is 1. The fourth-order valence-electron chi connectivity index (χ4n) is 15.4. The van der Waals surface area contributed by atoms with Crippen molar-refractivity contribution in [2.45, 2.75) is 205 Å². The van der Waals surface area contributed by atoms with Crippen molar-refractivity contribution < 1.29 is 0 Å². The number of allylic oxidation sites excluding steroid dienone is 9. The van der Waals surface area contributed by atoms with Crippen molar-refractivity contribution in [1.29, 1.82) is 5.26 Å². The van der Waals surface area contributed by atoms with Gasteiger partial charge in [-0.25, -0.2) is 0 Å². The first-order valence-corrected chi connectivity index (χ1v) is 25.8. The Morgan fingerprint density at radius 1 is 0.672 bits per heavy atom. The van der Waals surface area contributed by atoms with Gasteiger partial charge in [0.25, 0.3) is 0 Å². The van der Waals surface area contributed by atoms with Gasteiger partial charge < -0.3 is 9.47 Å². The Balaban J connectivity index is 1.02. The lowest BCUT2D eigenvalue weighted by molar-refractivity contribution is -0.0369. The van der Waals surface area contributed by atoms with E-state index >= 15 is 0 Å². The summed E-state index contributed by atoms with van der Waals surface area (Å²) >= 11 is 0. The first-order valence-electron chi connectivity index (χ1n) is 25.8. The average molecular weight is 821 g/mol. The van der Waals surface area contributed by atoms with Crippen molar-refractivity contribution in [1.82, 2.24) is 25.4 Å². The molecule has 0 spiro atoms. The molecule has 1 aromatic heterocycles. The molecule has 10 aliphatic rings. The molecule has 1 aromatic rings. The summed E-state index contributed by atoms with van der Waals surface area (Å²) in [5, 5.41) is 24.5. The summed E-state index contributed by atoms with van der Waals surface area (Å²) in [6, 6.07) is 4.16. The van der Waals surface area contributed by atoms with Crippen LogP contribution in [-0.4, -0.2) is 40.0 Å². The van der Waals surface area contributed by atoms with Crippen LogP contribution in [0.1, 0.15) is 177 Å². The number of rotatable bonds is 6. The summed E-state index contributed by atoms with van der Waals surface area (Å²) in [5.41, 5.74) is 13.1. The fourth-order valence-corrected chi connectivity index (χ4v) is 15.4. The van der Waals surface area contributed by atoms with Gasteiger partial charge in [-0.15, -0.1) is 0 Å². The van der Waals surface area contributed by atoms with Crippen molar-refractivity contribution in [2.24, 2.45) is 35.0 Å². The molecule has 11 unspecified atom stereocenters. The Bertz CT molecular complexity index is 2050. The number of nitriles is 1. The summed E-state index contributed by atoms with van der Waals surface area (Å²) in [5.74, 6) is 2.07. The van der Waals surface area contributed by atoms with Crippen molar-refractivity contribution in [3.63, 3.8) is 0 Å². The van der Waals surface area contributed by atoms with E-state index in [1.54, 1.807) is 39.2 Å². The van der Waals surface area contributed by atoms with Crippen LogP contribution in [0.15, 0.2) is 64.9 Å². The van der Waals surface area contributed by atoms with Crippen LogP contribution >= 0.6 is 0 Å². The van der Waals surface area contributed by atoms with E-state index in [1.807, 2.05) is 0 Å². The predicted molar refractivity (Wildman–Crippen MR) is 249 cm³/mol.